The van der Waals surface area contributed by atoms with E-state index in [4.69, 9.17) is 5.73 Å². The van der Waals surface area contributed by atoms with E-state index in [2.05, 4.69) is 13.8 Å². The largest absolute Gasteiger partial charge is 0.396 e. The van der Waals surface area contributed by atoms with Gasteiger partial charge in [-0.25, -0.2) is 0 Å². The van der Waals surface area contributed by atoms with E-state index < -0.39 is 0 Å². The first-order chi connectivity index (χ1) is 9.74. The van der Waals surface area contributed by atoms with Crippen LogP contribution in [0.2, 0.25) is 0 Å². The predicted octanol–water partition coefficient (Wildman–Crippen LogP) is 5.03. The summed E-state index contributed by atoms with van der Waals surface area (Å²) in [6, 6.07) is 0. The summed E-state index contributed by atoms with van der Waals surface area (Å²) in [4.78, 5) is 0. The average molecular weight is 286 g/mol. The minimum absolute atomic E-state index is 0.00883. The molecule has 20 heavy (non-hydrogen) atoms. The van der Waals surface area contributed by atoms with Crippen molar-refractivity contribution in [2.75, 3.05) is 13.2 Å². The molecule has 0 rings (SSSR count). The molecule has 0 fully saturated rings. The molecule has 0 saturated carbocycles. The molecule has 3 N–H and O–H groups in total. The maximum Gasteiger partial charge on any atom is 0.0499 e. The highest BCUT2D eigenvalue weighted by Crippen LogP contribution is 2.29. The van der Waals surface area contributed by atoms with Gasteiger partial charge in [0.2, 0.25) is 0 Å². The van der Waals surface area contributed by atoms with Crippen molar-refractivity contribution in [3.05, 3.63) is 0 Å². The van der Waals surface area contributed by atoms with E-state index in [1.807, 2.05) is 0 Å². The molecule has 0 heterocycles. The van der Waals surface area contributed by atoms with Crippen molar-refractivity contribution in [3.63, 3.8) is 0 Å². The Balaban J connectivity index is 3.45. The molecule has 0 saturated heterocycles. The highest BCUT2D eigenvalue weighted by molar-refractivity contribution is 4.79. The van der Waals surface area contributed by atoms with Gasteiger partial charge in [0.25, 0.3) is 0 Å². The van der Waals surface area contributed by atoms with Gasteiger partial charge in [-0.3, -0.25) is 0 Å². The van der Waals surface area contributed by atoms with Crippen molar-refractivity contribution in [1.82, 2.24) is 0 Å². The smallest absolute Gasteiger partial charge is 0.0499 e. The van der Waals surface area contributed by atoms with Gasteiger partial charge >= 0.3 is 0 Å². The Bertz CT molecular complexity index is 190. The molecule has 2 nitrogen and oxygen atoms in total. The van der Waals surface area contributed by atoms with Crippen LogP contribution in [0.1, 0.15) is 97.3 Å². The highest BCUT2D eigenvalue weighted by Gasteiger charge is 2.25. The van der Waals surface area contributed by atoms with Crippen LogP contribution in [-0.2, 0) is 0 Å². The third-order valence-electron chi connectivity index (χ3n) is 4.61. The lowest BCUT2D eigenvalue weighted by atomic mass is 9.79. The van der Waals surface area contributed by atoms with Crippen molar-refractivity contribution in [3.8, 4) is 0 Å². The predicted molar refractivity (Wildman–Crippen MR) is 89.9 cm³/mol. The summed E-state index contributed by atoms with van der Waals surface area (Å²) in [5.41, 5.74) is 5.87. The molecule has 0 aliphatic carbocycles. The molecule has 0 bridgehead atoms. The second kappa shape index (κ2) is 13.9. The van der Waals surface area contributed by atoms with Gasteiger partial charge in [0.15, 0.2) is 0 Å². The van der Waals surface area contributed by atoms with Crippen LogP contribution in [0.5, 0.6) is 0 Å². The minimum Gasteiger partial charge on any atom is -0.396 e. The lowest BCUT2D eigenvalue weighted by Crippen LogP contribution is -2.34. The molecule has 122 valence electrons. The Morgan fingerprint density at radius 2 is 1.20 bits per heavy atom. The van der Waals surface area contributed by atoms with Gasteiger partial charge in [-0.05, 0) is 12.8 Å². The number of hydrogen-bond donors (Lipinski definition) is 2. The normalized spacial score (nSPS) is 14.4. The number of unbranched alkanes of at least 4 members (excludes halogenated alkanes) is 9. The summed E-state index contributed by atoms with van der Waals surface area (Å²) in [6.07, 6.45) is 17.0. The van der Waals surface area contributed by atoms with E-state index in [1.54, 1.807) is 0 Å². The van der Waals surface area contributed by atoms with Gasteiger partial charge in [0, 0.05) is 18.6 Å². The molecule has 0 radical (unpaired) electrons. The molecule has 2 heteroatoms. The molecule has 0 aliphatic heterocycles. The van der Waals surface area contributed by atoms with E-state index in [-0.39, 0.29) is 12.0 Å². The zero-order valence-corrected chi connectivity index (χ0v) is 14.1. The van der Waals surface area contributed by atoms with Crippen LogP contribution in [0, 0.1) is 5.41 Å². The van der Waals surface area contributed by atoms with Gasteiger partial charge in [-0.2, -0.15) is 0 Å². The molecule has 0 amide bonds. The zero-order valence-electron chi connectivity index (χ0n) is 14.1. The van der Waals surface area contributed by atoms with Crippen LogP contribution in [0.3, 0.4) is 0 Å². The molecule has 1 unspecified atom stereocenters. The fourth-order valence-electron chi connectivity index (χ4n) is 3.07. The molecule has 0 aliphatic rings. The fraction of sp³-hybridized carbons (Fsp3) is 1.00. The summed E-state index contributed by atoms with van der Waals surface area (Å²) in [6.45, 7) is 5.34. The molecule has 0 spiro atoms. The van der Waals surface area contributed by atoms with Crippen LogP contribution in [-0.4, -0.2) is 18.3 Å². The average Bonchev–Trinajstić information content (AvgIpc) is 2.48. The van der Waals surface area contributed by atoms with Crippen molar-refractivity contribution in [1.29, 1.82) is 0 Å². The first-order valence-corrected chi connectivity index (χ1v) is 9.05. The van der Waals surface area contributed by atoms with E-state index in [0.717, 1.165) is 19.3 Å². The van der Waals surface area contributed by atoms with E-state index in [9.17, 15) is 5.11 Å². The van der Waals surface area contributed by atoms with Crippen molar-refractivity contribution in [2.24, 2.45) is 11.1 Å². The van der Waals surface area contributed by atoms with Crippen LogP contribution >= 0.6 is 0 Å². The van der Waals surface area contributed by atoms with Gasteiger partial charge in [-0.1, -0.05) is 84.5 Å². The summed E-state index contributed by atoms with van der Waals surface area (Å²) >= 11 is 0. The first kappa shape index (κ1) is 19.9. The van der Waals surface area contributed by atoms with Crippen molar-refractivity contribution < 1.29 is 5.11 Å². The first-order valence-electron chi connectivity index (χ1n) is 9.05. The Morgan fingerprint density at radius 3 is 1.60 bits per heavy atom. The number of nitrogens with two attached hydrogens (primary N) is 1. The molecule has 0 aromatic carbocycles. The zero-order chi connectivity index (χ0) is 15.1. The second-order valence-corrected chi connectivity index (χ2v) is 6.54. The summed E-state index contributed by atoms with van der Waals surface area (Å²) in [5, 5.41) is 9.57. The summed E-state index contributed by atoms with van der Waals surface area (Å²) < 4.78 is 0. The molecule has 0 aromatic heterocycles. The molecule has 0 aromatic rings. The van der Waals surface area contributed by atoms with Gasteiger partial charge in [0.1, 0.15) is 0 Å². The lowest BCUT2D eigenvalue weighted by Gasteiger charge is -2.30. The third-order valence-corrected chi connectivity index (χ3v) is 4.61. The van der Waals surface area contributed by atoms with Crippen molar-refractivity contribution in [2.45, 2.75) is 97.3 Å². The monoisotopic (exact) mass is 285 g/mol. The lowest BCUT2D eigenvalue weighted by molar-refractivity contribution is 0.108. The molecule has 1 atom stereocenters. The quantitative estimate of drug-likeness (QED) is 0.414. The summed E-state index contributed by atoms with van der Waals surface area (Å²) in [5.74, 6) is 0. The third kappa shape index (κ3) is 9.77. The van der Waals surface area contributed by atoms with E-state index in [0.29, 0.717) is 6.54 Å². The Morgan fingerprint density at radius 1 is 0.700 bits per heavy atom. The number of aliphatic hydroxyl groups excluding tert-OH is 1. The van der Waals surface area contributed by atoms with E-state index in [1.165, 1.54) is 64.2 Å². The topological polar surface area (TPSA) is 46.2 Å². The Hall–Kier alpha value is -0.0800. The van der Waals surface area contributed by atoms with Gasteiger partial charge < -0.3 is 10.8 Å². The van der Waals surface area contributed by atoms with Crippen LogP contribution in [0.15, 0.2) is 0 Å². The SMILES string of the molecule is CCCCCCCCCCCCC(CN)(CO)CCC. The Kier molecular flexibility index (Phi) is 13.8. The van der Waals surface area contributed by atoms with Crippen LogP contribution in [0.25, 0.3) is 0 Å². The summed E-state index contributed by atoms with van der Waals surface area (Å²) in [7, 11) is 0. The van der Waals surface area contributed by atoms with E-state index >= 15 is 0 Å². The van der Waals surface area contributed by atoms with Gasteiger partial charge in [0.05, 0.1) is 0 Å². The van der Waals surface area contributed by atoms with Crippen LogP contribution in [0.4, 0.5) is 0 Å². The van der Waals surface area contributed by atoms with Crippen molar-refractivity contribution >= 4 is 0 Å². The minimum atomic E-state index is 0.00883. The number of rotatable bonds is 15. The standard InChI is InChI=1S/C18H39NO/c1-3-5-6-7-8-9-10-11-12-13-15-18(16-19,17-20)14-4-2/h20H,3-17,19H2,1-2H3. The number of aliphatic hydroxyl groups is 1. The second-order valence-electron chi connectivity index (χ2n) is 6.54. The number of hydrogen-bond acceptors (Lipinski definition) is 2. The maximum absolute atomic E-state index is 9.57. The Labute approximate surface area is 127 Å². The van der Waals surface area contributed by atoms with Crippen LogP contribution < -0.4 is 5.73 Å². The highest BCUT2D eigenvalue weighted by atomic mass is 16.3. The van der Waals surface area contributed by atoms with Gasteiger partial charge in [-0.15, -0.1) is 0 Å². The molecular weight excluding hydrogens is 246 g/mol. The maximum atomic E-state index is 9.57. The molecular formula is C18H39NO. The fourth-order valence-corrected chi connectivity index (χ4v) is 3.07.